The van der Waals surface area contributed by atoms with Gasteiger partial charge in [-0.15, -0.1) is 0 Å². The van der Waals surface area contributed by atoms with E-state index in [1.165, 1.54) is 13.5 Å². The highest BCUT2D eigenvalue weighted by molar-refractivity contribution is 5.92. The summed E-state index contributed by atoms with van der Waals surface area (Å²) in [5, 5.41) is 5.33. The van der Waals surface area contributed by atoms with Gasteiger partial charge in [0.25, 0.3) is 0 Å². The number of piperidine rings is 1. The highest BCUT2D eigenvalue weighted by Gasteiger charge is 2.21. The van der Waals surface area contributed by atoms with E-state index >= 15 is 0 Å². The zero-order valence-electron chi connectivity index (χ0n) is 11.2. The van der Waals surface area contributed by atoms with E-state index in [2.05, 4.69) is 20.3 Å². The fourth-order valence-electron chi connectivity index (χ4n) is 2.19. The molecule has 2 N–H and O–H groups in total. The zero-order valence-corrected chi connectivity index (χ0v) is 11.2. The lowest BCUT2D eigenvalue weighted by Crippen LogP contribution is -2.43. The topological polar surface area (TPSA) is 70.7 Å². The van der Waals surface area contributed by atoms with Crippen molar-refractivity contribution in [2.45, 2.75) is 19.3 Å². The molecule has 0 atom stereocenters. The molecule has 1 rings (SSSR count). The maximum atomic E-state index is 11.5. The Morgan fingerprint density at radius 3 is 2.56 bits per heavy atom. The summed E-state index contributed by atoms with van der Waals surface area (Å²) in [6, 6.07) is 0. The molecule has 104 valence electrons. The molecule has 0 saturated carbocycles. The summed E-state index contributed by atoms with van der Waals surface area (Å²) >= 11 is 0. The van der Waals surface area contributed by atoms with Crippen LogP contribution in [0.4, 0.5) is 4.79 Å². The zero-order chi connectivity index (χ0) is 13.4. The van der Waals surface area contributed by atoms with Gasteiger partial charge in [-0.25, -0.2) is 4.79 Å². The summed E-state index contributed by atoms with van der Waals surface area (Å²) in [7, 11) is 3.21. The van der Waals surface area contributed by atoms with Crippen molar-refractivity contribution in [3.8, 4) is 0 Å². The minimum Gasteiger partial charge on any atom is -0.453 e. The quantitative estimate of drug-likeness (QED) is 0.736. The summed E-state index contributed by atoms with van der Waals surface area (Å²) in [6.07, 6.45) is 2.74. The summed E-state index contributed by atoms with van der Waals surface area (Å²) < 4.78 is 4.38. The molecule has 2 amide bonds. The van der Waals surface area contributed by atoms with E-state index in [-0.39, 0.29) is 12.5 Å². The maximum absolute atomic E-state index is 11.5. The van der Waals surface area contributed by atoms with Crippen LogP contribution in [0.5, 0.6) is 0 Å². The van der Waals surface area contributed by atoms with Gasteiger partial charge in [-0.3, -0.25) is 15.0 Å². The minimum absolute atomic E-state index is 0.272. The summed E-state index contributed by atoms with van der Waals surface area (Å²) in [6.45, 7) is 3.16. The SMILES string of the molecule is CNCCC1CCN(CC(=O)NC(=O)OC)CC1. The van der Waals surface area contributed by atoms with Crippen LogP contribution in [0.15, 0.2) is 0 Å². The number of alkyl carbamates (subject to hydrolysis) is 1. The van der Waals surface area contributed by atoms with Crippen LogP contribution < -0.4 is 10.6 Å². The number of carbonyl (C=O) groups is 2. The van der Waals surface area contributed by atoms with E-state index < -0.39 is 6.09 Å². The first kappa shape index (κ1) is 14.9. The number of amides is 2. The van der Waals surface area contributed by atoms with Crippen molar-refractivity contribution in [1.29, 1.82) is 0 Å². The predicted octanol–water partition coefficient (Wildman–Crippen LogP) is 0.190. The number of methoxy groups -OCH3 is 1. The average molecular weight is 257 g/mol. The predicted molar refractivity (Wildman–Crippen MR) is 68.3 cm³/mol. The van der Waals surface area contributed by atoms with Crippen LogP contribution in [0.3, 0.4) is 0 Å². The van der Waals surface area contributed by atoms with Crippen molar-refractivity contribution in [3.63, 3.8) is 0 Å². The highest BCUT2D eigenvalue weighted by atomic mass is 16.5. The summed E-state index contributed by atoms with van der Waals surface area (Å²) in [5.74, 6) is 0.452. The van der Waals surface area contributed by atoms with Crippen molar-refractivity contribution in [2.75, 3.05) is 40.3 Å². The Kier molecular flexibility index (Phi) is 6.67. The molecule has 6 heteroatoms. The number of ether oxygens (including phenoxy) is 1. The van der Waals surface area contributed by atoms with E-state index in [9.17, 15) is 9.59 Å². The molecule has 18 heavy (non-hydrogen) atoms. The molecular formula is C12H23N3O3. The Balaban J connectivity index is 2.18. The smallest absolute Gasteiger partial charge is 0.413 e. The second-order valence-corrected chi connectivity index (χ2v) is 4.65. The van der Waals surface area contributed by atoms with Gasteiger partial charge in [0.2, 0.25) is 5.91 Å². The van der Waals surface area contributed by atoms with Gasteiger partial charge in [-0.1, -0.05) is 0 Å². The van der Waals surface area contributed by atoms with Crippen LogP contribution in [0, 0.1) is 5.92 Å². The lowest BCUT2D eigenvalue weighted by atomic mass is 9.93. The first-order chi connectivity index (χ1) is 8.65. The van der Waals surface area contributed by atoms with Gasteiger partial charge in [0.1, 0.15) is 0 Å². The molecule has 0 aromatic rings. The van der Waals surface area contributed by atoms with Crippen LogP contribution >= 0.6 is 0 Å². The lowest BCUT2D eigenvalue weighted by molar-refractivity contribution is -0.121. The Bertz CT molecular complexity index is 276. The Morgan fingerprint density at radius 2 is 2.00 bits per heavy atom. The number of hydrogen-bond donors (Lipinski definition) is 2. The Morgan fingerprint density at radius 1 is 1.33 bits per heavy atom. The Hall–Kier alpha value is -1.14. The van der Waals surface area contributed by atoms with E-state index in [1.54, 1.807) is 0 Å². The first-order valence-corrected chi connectivity index (χ1v) is 6.40. The maximum Gasteiger partial charge on any atom is 0.413 e. The second-order valence-electron chi connectivity index (χ2n) is 4.65. The third kappa shape index (κ3) is 5.46. The fourth-order valence-corrected chi connectivity index (χ4v) is 2.19. The third-order valence-electron chi connectivity index (χ3n) is 3.30. The number of nitrogens with one attached hydrogen (secondary N) is 2. The molecule has 0 aromatic carbocycles. The van der Waals surface area contributed by atoms with Gasteiger partial charge in [0, 0.05) is 0 Å². The van der Waals surface area contributed by atoms with Gasteiger partial charge in [-0.2, -0.15) is 0 Å². The van der Waals surface area contributed by atoms with Gasteiger partial charge in [-0.05, 0) is 51.9 Å². The van der Waals surface area contributed by atoms with Gasteiger partial charge >= 0.3 is 6.09 Å². The Labute approximate surface area is 108 Å². The molecule has 0 bridgehead atoms. The van der Waals surface area contributed by atoms with Crippen LogP contribution in [-0.4, -0.2) is 57.2 Å². The number of carbonyl (C=O) groups excluding carboxylic acids is 2. The van der Waals surface area contributed by atoms with Gasteiger partial charge < -0.3 is 10.1 Å². The number of nitrogens with zero attached hydrogens (tertiary/aromatic N) is 1. The van der Waals surface area contributed by atoms with Crippen molar-refractivity contribution in [3.05, 3.63) is 0 Å². The molecule has 0 spiro atoms. The molecule has 1 heterocycles. The third-order valence-corrected chi connectivity index (χ3v) is 3.30. The molecule has 1 saturated heterocycles. The molecule has 1 aliphatic heterocycles. The first-order valence-electron chi connectivity index (χ1n) is 6.40. The lowest BCUT2D eigenvalue weighted by Gasteiger charge is -2.31. The van der Waals surface area contributed by atoms with Crippen LogP contribution in [0.2, 0.25) is 0 Å². The van der Waals surface area contributed by atoms with Crippen molar-refractivity contribution >= 4 is 12.0 Å². The fraction of sp³-hybridized carbons (Fsp3) is 0.833. The molecule has 1 fully saturated rings. The van der Waals surface area contributed by atoms with Crippen LogP contribution in [0.25, 0.3) is 0 Å². The molecule has 0 radical (unpaired) electrons. The van der Waals surface area contributed by atoms with Crippen LogP contribution in [-0.2, 0) is 9.53 Å². The van der Waals surface area contributed by atoms with Crippen LogP contribution in [0.1, 0.15) is 19.3 Å². The minimum atomic E-state index is -0.691. The number of hydrogen-bond acceptors (Lipinski definition) is 5. The molecule has 0 aliphatic carbocycles. The van der Waals surface area contributed by atoms with Crippen molar-refractivity contribution in [1.82, 2.24) is 15.5 Å². The van der Waals surface area contributed by atoms with E-state index in [4.69, 9.17) is 0 Å². The standard InChI is InChI=1S/C12H23N3O3/c1-13-6-3-10-4-7-15(8-5-10)9-11(16)14-12(17)18-2/h10,13H,3-9H2,1-2H3,(H,14,16,17). The van der Waals surface area contributed by atoms with Crippen molar-refractivity contribution < 1.29 is 14.3 Å². The molecule has 0 unspecified atom stereocenters. The number of rotatable bonds is 5. The average Bonchev–Trinajstić information content (AvgIpc) is 2.37. The molecule has 1 aliphatic rings. The molecule has 6 nitrogen and oxygen atoms in total. The van der Waals surface area contributed by atoms with Crippen molar-refractivity contribution in [2.24, 2.45) is 5.92 Å². The number of imide groups is 1. The highest BCUT2D eigenvalue weighted by Crippen LogP contribution is 2.19. The molecular weight excluding hydrogens is 234 g/mol. The summed E-state index contributed by atoms with van der Waals surface area (Å²) in [4.78, 5) is 24.4. The van der Waals surface area contributed by atoms with E-state index in [0.29, 0.717) is 0 Å². The van der Waals surface area contributed by atoms with E-state index in [0.717, 1.165) is 38.4 Å². The van der Waals surface area contributed by atoms with Gasteiger partial charge in [0.05, 0.1) is 13.7 Å². The van der Waals surface area contributed by atoms with Gasteiger partial charge in [0.15, 0.2) is 0 Å². The second kappa shape index (κ2) is 8.05. The summed E-state index contributed by atoms with van der Waals surface area (Å²) in [5.41, 5.74) is 0. The normalized spacial score (nSPS) is 17.4. The monoisotopic (exact) mass is 257 g/mol. The largest absolute Gasteiger partial charge is 0.453 e. The number of likely N-dealkylation sites (tertiary alicyclic amines) is 1. The van der Waals surface area contributed by atoms with E-state index in [1.807, 2.05) is 7.05 Å². The molecule has 0 aromatic heterocycles.